The fourth-order valence-electron chi connectivity index (χ4n) is 3.10. The molecule has 2 heterocycles. The van der Waals surface area contributed by atoms with Crippen molar-refractivity contribution in [2.75, 3.05) is 5.32 Å². The number of carbonyl (C=O) groups is 1. The summed E-state index contributed by atoms with van der Waals surface area (Å²) in [6.45, 7) is 0.404. The minimum Gasteiger partial charge on any atom is -0.326 e. The molecule has 0 spiro atoms. The Morgan fingerprint density at radius 3 is 2.71 bits per heavy atom. The number of nitrogens with zero attached hydrogens (tertiary/aromatic N) is 2. The number of carbonyl (C=O) groups excluding carboxylic acids is 1. The normalized spacial score (nSPS) is 10.9. The van der Waals surface area contributed by atoms with Crippen LogP contribution >= 0.6 is 11.3 Å². The first-order valence-corrected chi connectivity index (χ1v) is 9.98. The summed E-state index contributed by atoms with van der Waals surface area (Å²) < 4.78 is 1.43. The van der Waals surface area contributed by atoms with Gasteiger partial charge in [0.25, 0.3) is 5.56 Å². The van der Waals surface area contributed by atoms with Crippen LogP contribution in [0.2, 0.25) is 0 Å². The Balaban J connectivity index is 1.39. The summed E-state index contributed by atoms with van der Waals surface area (Å²) >= 11 is 1.58. The maximum Gasteiger partial charge on any atom is 0.266 e. The molecule has 28 heavy (non-hydrogen) atoms. The lowest BCUT2D eigenvalue weighted by Crippen LogP contribution is -2.23. The molecule has 1 N–H and O–H groups in total. The number of anilines is 1. The molecule has 0 unspecified atom stereocenters. The van der Waals surface area contributed by atoms with Crippen molar-refractivity contribution < 1.29 is 4.79 Å². The lowest BCUT2D eigenvalue weighted by atomic mass is 10.1. The van der Waals surface area contributed by atoms with Crippen LogP contribution < -0.4 is 10.9 Å². The standard InChI is InChI=1S/C22H19N3O2S/c26-21(23-18-9-3-7-16-6-1-2-8-17(16)18)11-4-14-25-22(27)13-12-19(24-25)20-10-5-15-28-20/h1-3,5-10,12-13,15H,4,11,14H2,(H,23,26). The molecule has 0 saturated heterocycles. The number of nitrogens with one attached hydrogen (secondary N) is 1. The van der Waals surface area contributed by atoms with Crippen LogP contribution in [-0.2, 0) is 11.3 Å². The van der Waals surface area contributed by atoms with Crippen molar-refractivity contribution in [2.45, 2.75) is 19.4 Å². The number of rotatable bonds is 6. The zero-order valence-electron chi connectivity index (χ0n) is 15.2. The third-order valence-corrected chi connectivity index (χ3v) is 5.37. The van der Waals surface area contributed by atoms with E-state index in [1.807, 2.05) is 60.0 Å². The Labute approximate surface area is 166 Å². The van der Waals surface area contributed by atoms with Gasteiger partial charge in [0.2, 0.25) is 5.91 Å². The van der Waals surface area contributed by atoms with Gasteiger partial charge in [0.05, 0.1) is 4.88 Å². The predicted molar refractivity (Wildman–Crippen MR) is 114 cm³/mol. The predicted octanol–water partition coefficient (Wildman–Crippen LogP) is 4.54. The van der Waals surface area contributed by atoms with Crippen LogP contribution in [0.15, 0.2) is 76.9 Å². The fourth-order valence-corrected chi connectivity index (χ4v) is 3.79. The molecule has 140 valence electrons. The highest BCUT2D eigenvalue weighted by atomic mass is 32.1. The van der Waals surface area contributed by atoms with E-state index < -0.39 is 0 Å². The molecule has 0 aliphatic heterocycles. The summed E-state index contributed by atoms with van der Waals surface area (Å²) in [7, 11) is 0. The second-order valence-electron chi connectivity index (χ2n) is 6.44. The Hall–Kier alpha value is -3.25. The molecule has 2 aromatic carbocycles. The Kier molecular flexibility index (Phi) is 5.30. The first-order chi connectivity index (χ1) is 13.7. The third kappa shape index (κ3) is 4.02. The number of aryl methyl sites for hydroxylation is 1. The van der Waals surface area contributed by atoms with Crippen molar-refractivity contribution in [3.8, 4) is 10.6 Å². The summed E-state index contributed by atoms with van der Waals surface area (Å²) in [5.74, 6) is -0.0705. The highest BCUT2D eigenvalue weighted by Crippen LogP contribution is 2.23. The lowest BCUT2D eigenvalue weighted by molar-refractivity contribution is -0.116. The second kappa shape index (κ2) is 8.19. The molecule has 0 aliphatic rings. The van der Waals surface area contributed by atoms with Gasteiger partial charge in [0.15, 0.2) is 0 Å². The molecule has 2 aromatic heterocycles. The van der Waals surface area contributed by atoms with E-state index in [9.17, 15) is 9.59 Å². The highest BCUT2D eigenvalue weighted by molar-refractivity contribution is 7.13. The molecular formula is C22H19N3O2S. The van der Waals surface area contributed by atoms with Gasteiger partial charge in [-0.05, 0) is 35.4 Å². The van der Waals surface area contributed by atoms with E-state index in [2.05, 4.69) is 10.4 Å². The SMILES string of the molecule is O=C(CCCn1nc(-c2cccs2)ccc1=O)Nc1cccc2ccccc12. The van der Waals surface area contributed by atoms with Gasteiger partial charge >= 0.3 is 0 Å². The van der Waals surface area contributed by atoms with Crippen LogP contribution in [0, 0.1) is 0 Å². The molecule has 1 amide bonds. The van der Waals surface area contributed by atoms with Crippen molar-refractivity contribution >= 4 is 33.7 Å². The quantitative estimate of drug-likeness (QED) is 0.526. The van der Waals surface area contributed by atoms with Gasteiger partial charge < -0.3 is 5.32 Å². The molecule has 0 fully saturated rings. The average molecular weight is 389 g/mol. The Morgan fingerprint density at radius 1 is 1.00 bits per heavy atom. The number of fused-ring (bicyclic) bond motifs is 1. The van der Waals surface area contributed by atoms with Gasteiger partial charge in [-0.25, -0.2) is 4.68 Å². The smallest absolute Gasteiger partial charge is 0.266 e. The van der Waals surface area contributed by atoms with Gasteiger partial charge in [-0.3, -0.25) is 9.59 Å². The summed E-state index contributed by atoms with van der Waals surface area (Å²) in [5, 5.41) is 11.5. The van der Waals surface area contributed by atoms with Crippen LogP contribution in [-0.4, -0.2) is 15.7 Å². The van der Waals surface area contributed by atoms with Gasteiger partial charge in [0, 0.05) is 30.1 Å². The maximum absolute atomic E-state index is 12.4. The van der Waals surface area contributed by atoms with Gasteiger partial charge in [0.1, 0.15) is 5.69 Å². The Morgan fingerprint density at radius 2 is 1.86 bits per heavy atom. The summed E-state index contributed by atoms with van der Waals surface area (Å²) in [6, 6.07) is 21.0. The highest BCUT2D eigenvalue weighted by Gasteiger charge is 2.08. The van der Waals surface area contributed by atoms with Crippen LogP contribution in [0.1, 0.15) is 12.8 Å². The Bertz CT molecular complexity index is 1160. The number of thiophene rings is 1. The van der Waals surface area contributed by atoms with Crippen LogP contribution in [0.3, 0.4) is 0 Å². The van der Waals surface area contributed by atoms with Crippen molar-refractivity contribution in [1.29, 1.82) is 0 Å². The maximum atomic E-state index is 12.4. The van der Waals surface area contributed by atoms with E-state index in [4.69, 9.17) is 0 Å². The van der Waals surface area contributed by atoms with Crippen molar-refractivity contribution in [3.05, 3.63) is 82.5 Å². The lowest BCUT2D eigenvalue weighted by Gasteiger charge is -2.09. The molecule has 0 radical (unpaired) electrons. The van der Waals surface area contributed by atoms with Crippen LogP contribution in [0.25, 0.3) is 21.3 Å². The van der Waals surface area contributed by atoms with Crippen molar-refractivity contribution in [1.82, 2.24) is 9.78 Å². The first-order valence-electron chi connectivity index (χ1n) is 9.10. The molecule has 0 bridgehead atoms. The summed E-state index contributed by atoms with van der Waals surface area (Å²) in [4.78, 5) is 25.4. The molecule has 0 saturated carbocycles. The third-order valence-electron chi connectivity index (χ3n) is 4.48. The van der Waals surface area contributed by atoms with E-state index in [1.54, 1.807) is 17.4 Å². The van der Waals surface area contributed by atoms with Gasteiger partial charge in [-0.1, -0.05) is 42.5 Å². The van der Waals surface area contributed by atoms with Gasteiger partial charge in [-0.15, -0.1) is 11.3 Å². The largest absolute Gasteiger partial charge is 0.326 e. The number of hydrogen-bond donors (Lipinski definition) is 1. The molecule has 4 aromatic rings. The zero-order valence-corrected chi connectivity index (χ0v) is 16.0. The van der Waals surface area contributed by atoms with Crippen molar-refractivity contribution in [2.24, 2.45) is 0 Å². The number of aromatic nitrogens is 2. The second-order valence-corrected chi connectivity index (χ2v) is 7.38. The monoisotopic (exact) mass is 389 g/mol. The van der Waals surface area contributed by atoms with E-state index in [1.165, 1.54) is 10.7 Å². The average Bonchev–Trinajstić information content (AvgIpc) is 3.24. The first kappa shape index (κ1) is 18.1. The number of benzene rings is 2. The zero-order chi connectivity index (χ0) is 19.3. The molecular weight excluding hydrogens is 370 g/mol. The minimum atomic E-state index is -0.158. The molecule has 0 aliphatic carbocycles. The van der Waals surface area contributed by atoms with E-state index in [0.29, 0.717) is 19.4 Å². The molecule has 0 atom stereocenters. The van der Waals surface area contributed by atoms with E-state index in [0.717, 1.165) is 27.0 Å². The number of amides is 1. The molecule has 6 heteroatoms. The number of hydrogen-bond acceptors (Lipinski definition) is 4. The summed E-state index contributed by atoms with van der Waals surface area (Å²) in [5.41, 5.74) is 1.42. The summed E-state index contributed by atoms with van der Waals surface area (Å²) in [6.07, 6.45) is 0.859. The van der Waals surface area contributed by atoms with Gasteiger partial charge in [-0.2, -0.15) is 5.10 Å². The van der Waals surface area contributed by atoms with E-state index in [-0.39, 0.29) is 11.5 Å². The topological polar surface area (TPSA) is 64.0 Å². The fraction of sp³-hybridized carbons (Fsp3) is 0.136. The molecule has 4 rings (SSSR count). The van der Waals surface area contributed by atoms with Crippen LogP contribution in [0.5, 0.6) is 0 Å². The van der Waals surface area contributed by atoms with Crippen molar-refractivity contribution in [3.63, 3.8) is 0 Å². The van der Waals surface area contributed by atoms with Crippen LogP contribution in [0.4, 0.5) is 5.69 Å². The molecule has 5 nitrogen and oxygen atoms in total. The van der Waals surface area contributed by atoms with E-state index >= 15 is 0 Å². The minimum absolute atomic E-state index is 0.0705.